The molecular weight excluding hydrogens is 176 g/mol. The quantitative estimate of drug-likeness (QED) is 0.801. The molecule has 14 heavy (non-hydrogen) atoms. The van der Waals surface area contributed by atoms with Crippen molar-refractivity contribution in [2.45, 2.75) is 33.3 Å². The van der Waals surface area contributed by atoms with Gasteiger partial charge in [0.25, 0.3) is 0 Å². The van der Waals surface area contributed by atoms with E-state index in [9.17, 15) is 0 Å². The van der Waals surface area contributed by atoms with E-state index in [1.165, 1.54) is 0 Å². The minimum atomic E-state index is 0.145. The van der Waals surface area contributed by atoms with Gasteiger partial charge in [-0.05, 0) is 37.5 Å². The first-order chi connectivity index (χ1) is 6.69. The summed E-state index contributed by atoms with van der Waals surface area (Å²) >= 11 is 0. The number of nitrogens with two attached hydrogens (primary N) is 1. The van der Waals surface area contributed by atoms with E-state index in [1.807, 2.05) is 19.9 Å². The highest BCUT2D eigenvalue weighted by atomic mass is 16.5. The first kappa shape index (κ1) is 11.0. The number of rotatable bonds is 4. The normalized spacial score (nSPS) is 12.8. The van der Waals surface area contributed by atoms with Gasteiger partial charge in [0.05, 0.1) is 6.10 Å². The van der Waals surface area contributed by atoms with Crippen LogP contribution in [0.2, 0.25) is 0 Å². The Morgan fingerprint density at radius 1 is 1.50 bits per heavy atom. The lowest BCUT2D eigenvalue weighted by atomic mass is 10.1. The van der Waals surface area contributed by atoms with Crippen LogP contribution in [-0.2, 0) is 4.74 Å². The number of ether oxygens (including phenoxy) is 1. The van der Waals surface area contributed by atoms with Crippen LogP contribution in [0.3, 0.4) is 0 Å². The van der Waals surface area contributed by atoms with Crippen LogP contribution in [0.1, 0.15) is 37.5 Å². The van der Waals surface area contributed by atoms with Crippen LogP contribution < -0.4 is 5.73 Å². The van der Waals surface area contributed by atoms with Gasteiger partial charge in [0.2, 0.25) is 0 Å². The average molecular weight is 194 g/mol. The summed E-state index contributed by atoms with van der Waals surface area (Å²) in [5, 5.41) is 0. The maximum Gasteiger partial charge on any atom is 0.126 e. The minimum absolute atomic E-state index is 0.145. The van der Waals surface area contributed by atoms with Crippen LogP contribution in [0.15, 0.2) is 12.3 Å². The van der Waals surface area contributed by atoms with Crippen molar-refractivity contribution in [2.24, 2.45) is 0 Å². The molecule has 0 aliphatic heterocycles. The topological polar surface area (TPSA) is 48.1 Å². The van der Waals surface area contributed by atoms with Crippen LogP contribution >= 0.6 is 0 Å². The Labute approximate surface area is 85.3 Å². The van der Waals surface area contributed by atoms with Crippen molar-refractivity contribution in [3.05, 3.63) is 23.4 Å². The van der Waals surface area contributed by atoms with Gasteiger partial charge < -0.3 is 10.5 Å². The number of anilines is 1. The second-order valence-electron chi connectivity index (χ2n) is 3.32. The van der Waals surface area contributed by atoms with E-state index in [2.05, 4.69) is 11.9 Å². The van der Waals surface area contributed by atoms with Crippen LogP contribution in [0, 0.1) is 6.92 Å². The van der Waals surface area contributed by atoms with Crippen molar-refractivity contribution in [2.75, 3.05) is 12.3 Å². The van der Waals surface area contributed by atoms with Gasteiger partial charge in [0, 0.05) is 12.8 Å². The summed E-state index contributed by atoms with van der Waals surface area (Å²) in [6, 6.07) is 2.05. The maximum atomic E-state index is 5.65. The fourth-order valence-corrected chi connectivity index (χ4v) is 1.43. The SMILES string of the molecule is CCOC(CC)c1cnc(N)c(C)c1. The third-order valence-electron chi connectivity index (χ3n) is 2.25. The number of hydrogen-bond donors (Lipinski definition) is 1. The van der Waals surface area contributed by atoms with Gasteiger partial charge in [-0.25, -0.2) is 4.98 Å². The van der Waals surface area contributed by atoms with Crippen molar-refractivity contribution in [3.8, 4) is 0 Å². The van der Waals surface area contributed by atoms with Crippen LogP contribution in [0.5, 0.6) is 0 Å². The average Bonchev–Trinajstić information content (AvgIpc) is 2.19. The smallest absolute Gasteiger partial charge is 0.126 e. The van der Waals surface area contributed by atoms with Crippen molar-refractivity contribution >= 4 is 5.82 Å². The molecule has 0 bridgehead atoms. The zero-order valence-corrected chi connectivity index (χ0v) is 9.08. The zero-order valence-electron chi connectivity index (χ0n) is 9.08. The monoisotopic (exact) mass is 194 g/mol. The van der Waals surface area contributed by atoms with E-state index in [-0.39, 0.29) is 6.10 Å². The summed E-state index contributed by atoms with van der Waals surface area (Å²) < 4.78 is 5.59. The summed E-state index contributed by atoms with van der Waals surface area (Å²) in [6.07, 6.45) is 2.90. The molecule has 2 N–H and O–H groups in total. The third kappa shape index (κ3) is 2.45. The molecule has 1 atom stereocenters. The number of aryl methyl sites for hydroxylation is 1. The van der Waals surface area contributed by atoms with Gasteiger partial charge in [0.1, 0.15) is 5.82 Å². The molecular formula is C11H18N2O. The van der Waals surface area contributed by atoms with Gasteiger partial charge in [-0.2, -0.15) is 0 Å². The first-order valence-electron chi connectivity index (χ1n) is 5.02. The Hall–Kier alpha value is -1.09. The molecule has 1 rings (SSSR count). The highest BCUT2D eigenvalue weighted by molar-refractivity contribution is 5.40. The largest absolute Gasteiger partial charge is 0.383 e. The molecule has 3 heteroatoms. The van der Waals surface area contributed by atoms with Crippen LogP contribution in [0.4, 0.5) is 5.82 Å². The van der Waals surface area contributed by atoms with E-state index in [0.29, 0.717) is 5.82 Å². The van der Waals surface area contributed by atoms with E-state index in [1.54, 1.807) is 6.20 Å². The standard InChI is InChI=1S/C11H18N2O/c1-4-10(14-5-2)9-6-8(3)11(12)13-7-9/h6-7,10H,4-5H2,1-3H3,(H2,12,13). The van der Waals surface area contributed by atoms with Gasteiger partial charge in [-0.1, -0.05) is 6.92 Å². The lowest BCUT2D eigenvalue weighted by molar-refractivity contribution is 0.0596. The second kappa shape index (κ2) is 4.96. The molecule has 3 nitrogen and oxygen atoms in total. The third-order valence-corrected chi connectivity index (χ3v) is 2.25. The lowest BCUT2D eigenvalue weighted by Gasteiger charge is -2.15. The first-order valence-corrected chi connectivity index (χ1v) is 5.02. The molecule has 1 aromatic rings. The number of nitrogen functional groups attached to an aromatic ring is 1. The molecule has 0 saturated heterocycles. The number of pyridine rings is 1. The number of hydrogen-bond acceptors (Lipinski definition) is 3. The second-order valence-corrected chi connectivity index (χ2v) is 3.32. The predicted molar refractivity (Wildman–Crippen MR) is 58.0 cm³/mol. The molecule has 1 heterocycles. The molecule has 0 amide bonds. The fourth-order valence-electron chi connectivity index (χ4n) is 1.43. The van der Waals surface area contributed by atoms with E-state index < -0.39 is 0 Å². The molecule has 1 unspecified atom stereocenters. The van der Waals surface area contributed by atoms with Gasteiger partial charge in [-0.3, -0.25) is 0 Å². The summed E-state index contributed by atoms with van der Waals surface area (Å²) in [7, 11) is 0. The highest BCUT2D eigenvalue weighted by Crippen LogP contribution is 2.22. The van der Waals surface area contributed by atoms with Crippen LogP contribution in [0.25, 0.3) is 0 Å². The van der Waals surface area contributed by atoms with E-state index >= 15 is 0 Å². The molecule has 0 saturated carbocycles. The predicted octanol–water partition coefficient (Wildman–Crippen LogP) is 2.46. The Bertz CT molecular complexity index is 299. The molecule has 1 aromatic heterocycles. The Morgan fingerprint density at radius 2 is 2.21 bits per heavy atom. The molecule has 0 radical (unpaired) electrons. The van der Waals surface area contributed by atoms with Gasteiger partial charge in [-0.15, -0.1) is 0 Å². The van der Waals surface area contributed by atoms with Gasteiger partial charge in [0.15, 0.2) is 0 Å². The molecule has 0 aromatic carbocycles. The van der Waals surface area contributed by atoms with E-state index in [4.69, 9.17) is 10.5 Å². The minimum Gasteiger partial charge on any atom is -0.383 e. The Morgan fingerprint density at radius 3 is 2.71 bits per heavy atom. The maximum absolute atomic E-state index is 5.65. The summed E-state index contributed by atoms with van der Waals surface area (Å²) in [5.74, 6) is 0.597. The van der Waals surface area contributed by atoms with Crippen molar-refractivity contribution in [1.82, 2.24) is 4.98 Å². The molecule has 0 fully saturated rings. The number of aromatic nitrogens is 1. The van der Waals surface area contributed by atoms with Crippen molar-refractivity contribution < 1.29 is 4.74 Å². The van der Waals surface area contributed by atoms with Gasteiger partial charge >= 0.3 is 0 Å². The zero-order chi connectivity index (χ0) is 10.6. The molecule has 0 aliphatic rings. The summed E-state index contributed by atoms with van der Waals surface area (Å²) in [4.78, 5) is 4.13. The molecule has 0 aliphatic carbocycles. The van der Waals surface area contributed by atoms with Crippen molar-refractivity contribution in [3.63, 3.8) is 0 Å². The van der Waals surface area contributed by atoms with E-state index in [0.717, 1.165) is 24.2 Å². The highest BCUT2D eigenvalue weighted by Gasteiger charge is 2.10. The number of nitrogens with zero attached hydrogens (tertiary/aromatic N) is 1. The Balaban J connectivity index is 2.88. The summed E-state index contributed by atoms with van der Waals surface area (Å²) in [6.45, 7) is 6.79. The Kier molecular flexibility index (Phi) is 3.89. The lowest BCUT2D eigenvalue weighted by Crippen LogP contribution is -2.05. The molecule has 0 spiro atoms. The summed E-state index contributed by atoms with van der Waals surface area (Å²) in [5.41, 5.74) is 7.78. The fraction of sp³-hybridized carbons (Fsp3) is 0.545. The molecule has 78 valence electrons. The van der Waals surface area contributed by atoms with Crippen molar-refractivity contribution in [1.29, 1.82) is 0 Å². The van der Waals surface area contributed by atoms with Crippen LogP contribution in [-0.4, -0.2) is 11.6 Å².